The molecule has 40 heavy (non-hydrogen) atoms. The zero-order valence-electron chi connectivity index (χ0n) is 23.1. The van der Waals surface area contributed by atoms with E-state index >= 15 is 0 Å². The zero-order valence-corrected chi connectivity index (χ0v) is 26.3. The fourth-order valence-corrected chi connectivity index (χ4v) is 5.90. The van der Waals surface area contributed by atoms with Crippen LogP contribution in [-0.2, 0) is 32.6 Å². The number of anilines is 1. The van der Waals surface area contributed by atoms with Crippen molar-refractivity contribution in [3.8, 4) is 0 Å². The molecule has 214 valence electrons. The molecule has 0 aliphatic heterocycles. The van der Waals surface area contributed by atoms with E-state index in [-0.39, 0.29) is 24.9 Å². The highest BCUT2D eigenvalue weighted by molar-refractivity contribution is 9.10. The van der Waals surface area contributed by atoms with Crippen molar-refractivity contribution < 1.29 is 18.0 Å². The molecule has 7 nitrogen and oxygen atoms in total. The quantitative estimate of drug-likeness (QED) is 0.272. The third-order valence-electron chi connectivity index (χ3n) is 6.62. The van der Waals surface area contributed by atoms with Crippen molar-refractivity contribution in [2.45, 2.75) is 52.2 Å². The van der Waals surface area contributed by atoms with Gasteiger partial charge in [0.2, 0.25) is 21.8 Å². The highest BCUT2D eigenvalue weighted by Gasteiger charge is 2.33. The summed E-state index contributed by atoms with van der Waals surface area (Å²) in [6, 6.07) is 20.8. The fraction of sp³-hybridized carbons (Fsp3) is 0.333. The Balaban J connectivity index is 2.08. The Kier molecular flexibility index (Phi) is 11.2. The predicted octanol–water partition coefficient (Wildman–Crippen LogP) is 5.73. The summed E-state index contributed by atoms with van der Waals surface area (Å²) in [4.78, 5) is 29.3. The first-order valence-corrected chi connectivity index (χ1v) is 16.0. The second kappa shape index (κ2) is 14.1. The summed E-state index contributed by atoms with van der Waals surface area (Å²) in [5.41, 5.74) is 2.64. The summed E-state index contributed by atoms with van der Waals surface area (Å²) in [6.45, 7) is 5.26. The second-order valence-corrected chi connectivity index (χ2v) is 13.1. The number of hydrogen-bond donors (Lipinski definition) is 1. The largest absolute Gasteiger partial charge is 0.352 e. The molecule has 0 aliphatic rings. The number of hydrogen-bond acceptors (Lipinski definition) is 4. The highest BCUT2D eigenvalue weighted by Crippen LogP contribution is 2.26. The molecule has 3 aromatic carbocycles. The number of benzene rings is 3. The van der Waals surface area contributed by atoms with Gasteiger partial charge in [-0.15, -0.1) is 0 Å². The first-order valence-electron chi connectivity index (χ1n) is 13.0. The number of halogens is 2. The van der Waals surface area contributed by atoms with Gasteiger partial charge in [0.25, 0.3) is 0 Å². The summed E-state index contributed by atoms with van der Waals surface area (Å²) < 4.78 is 27.8. The summed E-state index contributed by atoms with van der Waals surface area (Å²) in [6.07, 6.45) is 2.05. The maximum absolute atomic E-state index is 14.1. The van der Waals surface area contributed by atoms with Crippen LogP contribution in [0.15, 0.2) is 77.3 Å². The Morgan fingerprint density at radius 2 is 1.68 bits per heavy atom. The van der Waals surface area contributed by atoms with Gasteiger partial charge in [-0.1, -0.05) is 76.9 Å². The fourth-order valence-electron chi connectivity index (χ4n) is 4.32. The van der Waals surface area contributed by atoms with Crippen molar-refractivity contribution in [1.29, 1.82) is 0 Å². The summed E-state index contributed by atoms with van der Waals surface area (Å²) in [5.74, 6) is -0.796. The number of amides is 2. The minimum Gasteiger partial charge on any atom is -0.352 e. The van der Waals surface area contributed by atoms with Crippen LogP contribution in [0.4, 0.5) is 5.69 Å². The average Bonchev–Trinajstić information content (AvgIpc) is 2.89. The van der Waals surface area contributed by atoms with Crippen molar-refractivity contribution >= 4 is 55.1 Å². The number of nitrogens with zero attached hydrogens (tertiary/aromatic N) is 2. The molecule has 1 N–H and O–H groups in total. The predicted molar refractivity (Wildman–Crippen MR) is 165 cm³/mol. The van der Waals surface area contributed by atoms with E-state index in [1.54, 1.807) is 25.1 Å². The topological polar surface area (TPSA) is 86.8 Å². The van der Waals surface area contributed by atoms with E-state index in [2.05, 4.69) is 21.2 Å². The lowest BCUT2D eigenvalue weighted by Crippen LogP contribution is -2.54. The van der Waals surface area contributed by atoms with Crippen molar-refractivity contribution in [3.63, 3.8) is 0 Å². The molecule has 10 heteroatoms. The van der Waals surface area contributed by atoms with Crippen LogP contribution in [0.1, 0.15) is 37.0 Å². The van der Waals surface area contributed by atoms with Crippen LogP contribution in [0.3, 0.4) is 0 Å². The van der Waals surface area contributed by atoms with Crippen molar-refractivity contribution in [2.75, 3.05) is 17.1 Å². The van der Waals surface area contributed by atoms with Gasteiger partial charge in [0, 0.05) is 28.5 Å². The molecule has 0 spiro atoms. The molecule has 3 rings (SSSR count). The van der Waals surface area contributed by atoms with Gasteiger partial charge in [-0.25, -0.2) is 8.42 Å². The molecule has 0 fully saturated rings. The first kappa shape index (κ1) is 31.6. The van der Waals surface area contributed by atoms with Crippen molar-refractivity contribution in [3.05, 3.63) is 99.0 Å². The minimum atomic E-state index is -3.85. The molecule has 2 atom stereocenters. The maximum atomic E-state index is 14.1. The number of carbonyl (C=O) groups excluding carboxylic acids is 2. The Labute approximate surface area is 250 Å². The summed E-state index contributed by atoms with van der Waals surface area (Å²) in [7, 11) is -3.85. The third kappa shape index (κ3) is 8.81. The summed E-state index contributed by atoms with van der Waals surface area (Å²) in [5, 5.41) is 3.48. The van der Waals surface area contributed by atoms with E-state index in [0.29, 0.717) is 16.3 Å². The van der Waals surface area contributed by atoms with Gasteiger partial charge in [0.15, 0.2) is 0 Å². The monoisotopic (exact) mass is 647 g/mol. The van der Waals surface area contributed by atoms with Crippen LogP contribution in [-0.4, -0.2) is 50.0 Å². The number of sulfonamides is 1. The van der Waals surface area contributed by atoms with Gasteiger partial charge >= 0.3 is 0 Å². The van der Waals surface area contributed by atoms with Gasteiger partial charge in [-0.3, -0.25) is 13.9 Å². The van der Waals surface area contributed by atoms with Crippen molar-refractivity contribution in [2.24, 2.45) is 0 Å². The van der Waals surface area contributed by atoms with Gasteiger partial charge < -0.3 is 10.2 Å². The zero-order chi connectivity index (χ0) is 29.4. The van der Waals surface area contributed by atoms with E-state index in [0.717, 1.165) is 32.6 Å². The van der Waals surface area contributed by atoms with Crippen LogP contribution >= 0.6 is 27.5 Å². The van der Waals surface area contributed by atoms with Crippen LogP contribution in [0.5, 0.6) is 0 Å². The van der Waals surface area contributed by atoms with E-state index in [9.17, 15) is 18.0 Å². The number of aryl methyl sites for hydroxylation is 1. The van der Waals surface area contributed by atoms with Gasteiger partial charge in [-0.2, -0.15) is 0 Å². The van der Waals surface area contributed by atoms with E-state index in [4.69, 9.17) is 11.6 Å². The number of carbonyl (C=O) groups is 2. The molecule has 0 aromatic heterocycles. The minimum absolute atomic E-state index is 0.0992. The number of nitrogens with one attached hydrogen (secondary N) is 1. The molecule has 0 saturated heterocycles. The van der Waals surface area contributed by atoms with Crippen molar-refractivity contribution in [1.82, 2.24) is 10.2 Å². The molecule has 0 bridgehead atoms. The standard InChI is InChI=1S/C30H35BrClN3O4S/c1-5-22(3)33-30(37)28(18-23-10-7-6-8-11-23)34(19-24-12-9-13-25(31)17-24)29(36)20-35(40(4,38)39)27-15-14-26(32)16-21(27)2/h6-17,22,28H,5,18-20H2,1-4H3,(H,33,37)/t22-,28-/m0/s1. The van der Waals surface area contributed by atoms with E-state index in [1.165, 1.54) is 4.90 Å². The Morgan fingerprint density at radius 1 is 1.00 bits per heavy atom. The third-order valence-corrected chi connectivity index (χ3v) is 8.48. The SMILES string of the molecule is CC[C@H](C)NC(=O)[C@H](Cc1ccccc1)N(Cc1cccc(Br)c1)C(=O)CN(c1ccc(Cl)cc1C)S(C)(=O)=O. The van der Waals surface area contributed by atoms with Gasteiger partial charge in [0.05, 0.1) is 11.9 Å². The molecular weight excluding hydrogens is 614 g/mol. The lowest BCUT2D eigenvalue weighted by atomic mass is 10.0. The molecule has 0 unspecified atom stereocenters. The lowest BCUT2D eigenvalue weighted by Gasteiger charge is -2.34. The molecule has 2 amide bonds. The van der Waals surface area contributed by atoms with E-state index in [1.807, 2.05) is 68.4 Å². The average molecular weight is 649 g/mol. The van der Waals surface area contributed by atoms with E-state index < -0.39 is 28.5 Å². The molecule has 3 aromatic rings. The molecule has 0 radical (unpaired) electrons. The van der Waals surface area contributed by atoms with Gasteiger partial charge in [-0.05, 0) is 67.3 Å². The highest BCUT2D eigenvalue weighted by atomic mass is 79.9. The number of rotatable bonds is 12. The Hall–Kier alpha value is -2.88. The second-order valence-electron chi connectivity index (χ2n) is 9.88. The smallest absolute Gasteiger partial charge is 0.244 e. The molecule has 0 aliphatic carbocycles. The molecule has 0 saturated carbocycles. The Bertz CT molecular complexity index is 1440. The molecule has 0 heterocycles. The van der Waals surface area contributed by atoms with Crippen LogP contribution in [0.25, 0.3) is 0 Å². The first-order chi connectivity index (χ1) is 18.9. The maximum Gasteiger partial charge on any atom is 0.244 e. The normalized spacial score (nSPS) is 12.8. The Morgan fingerprint density at radius 3 is 2.27 bits per heavy atom. The molecular formula is C30H35BrClN3O4S. The van der Waals surface area contributed by atoms with Gasteiger partial charge in [0.1, 0.15) is 12.6 Å². The lowest BCUT2D eigenvalue weighted by molar-refractivity contribution is -0.140. The van der Waals surface area contributed by atoms with Crippen LogP contribution in [0.2, 0.25) is 5.02 Å². The van der Waals surface area contributed by atoms with Crippen LogP contribution < -0.4 is 9.62 Å². The van der Waals surface area contributed by atoms with Crippen LogP contribution in [0, 0.1) is 6.92 Å². The summed E-state index contributed by atoms with van der Waals surface area (Å²) >= 11 is 9.59.